The van der Waals surface area contributed by atoms with Gasteiger partial charge in [0.25, 0.3) is 0 Å². The molecule has 0 radical (unpaired) electrons. The van der Waals surface area contributed by atoms with E-state index in [4.69, 9.17) is 4.74 Å². The Morgan fingerprint density at radius 1 is 0.926 bits per heavy atom. The van der Waals surface area contributed by atoms with Crippen LogP contribution in [0.4, 0.5) is 0 Å². The molecule has 0 spiro atoms. The van der Waals surface area contributed by atoms with Crippen LogP contribution in [0, 0.1) is 12.8 Å². The quantitative estimate of drug-likeness (QED) is 0.561. The Balaban J connectivity index is 1.60. The standard InChI is InChI=1S/C25H27NO/c1-19-8-7-11-22(16-19)25(26-17-20-14-15-20)23-12-5-6-13-24(23)27-18-21-9-3-2-4-10-21/h2-13,16,20,25-26H,14-15,17-18H2,1H3. The van der Waals surface area contributed by atoms with Gasteiger partial charge in [-0.15, -0.1) is 0 Å². The first-order valence-electron chi connectivity index (χ1n) is 9.85. The van der Waals surface area contributed by atoms with Gasteiger partial charge < -0.3 is 10.1 Å². The molecule has 1 aliphatic rings. The molecule has 1 unspecified atom stereocenters. The highest BCUT2D eigenvalue weighted by Gasteiger charge is 2.24. The van der Waals surface area contributed by atoms with Crippen molar-refractivity contribution in [2.75, 3.05) is 6.54 Å². The summed E-state index contributed by atoms with van der Waals surface area (Å²) < 4.78 is 6.24. The van der Waals surface area contributed by atoms with Gasteiger partial charge in [-0.05, 0) is 49.4 Å². The lowest BCUT2D eigenvalue weighted by atomic mass is 9.96. The third kappa shape index (κ3) is 4.78. The Morgan fingerprint density at radius 3 is 2.48 bits per heavy atom. The van der Waals surface area contributed by atoms with E-state index in [-0.39, 0.29) is 6.04 Å². The second-order valence-corrected chi connectivity index (χ2v) is 7.51. The molecule has 4 rings (SSSR count). The number of para-hydroxylation sites is 1. The summed E-state index contributed by atoms with van der Waals surface area (Å²) in [6.45, 7) is 3.80. The maximum atomic E-state index is 6.24. The van der Waals surface area contributed by atoms with Crippen LogP contribution in [0.2, 0.25) is 0 Å². The molecular formula is C25H27NO. The van der Waals surface area contributed by atoms with Gasteiger partial charge in [0.2, 0.25) is 0 Å². The van der Waals surface area contributed by atoms with Gasteiger partial charge >= 0.3 is 0 Å². The van der Waals surface area contributed by atoms with Crippen molar-refractivity contribution in [3.8, 4) is 5.75 Å². The molecule has 3 aromatic rings. The Hall–Kier alpha value is -2.58. The van der Waals surface area contributed by atoms with Gasteiger partial charge in [0.1, 0.15) is 12.4 Å². The molecule has 0 bridgehead atoms. The molecule has 0 aliphatic heterocycles. The molecule has 0 heterocycles. The van der Waals surface area contributed by atoms with Crippen LogP contribution in [-0.4, -0.2) is 6.54 Å². The van der Waals surface area contributed by atoms with Crippen molar-refractivity contribution in [2.24, 2.45) is 5.92 Å². The zero-order valence-electron chi connectivity index (χ0n) is 15.9. The van der Waals surface area contributed by atoms with E-state index in [2.05, 4.69) is 85.0 Å². The van der Waals surface area contributed by atoms with Crippen LogP contribution in [-0.2, 0) is 6.61 Å². The highest BCUT2D eigenvalue weighted by Crippen LogP contribution is 2.33. The molecule has 2 heteroatoms. The van der Waals surface area contributed by atoms with Crippen LogP contribution in [0.25, 0.3) is 0 Å². The third-order valence-corrected chi connectivity index (χ3v) is 5.15. The van der Waals surface area contributed by atoms with Crippen LogP contribution < -0.4 is 10.1 Å². The van der Waals surface area contributed by atoms with Gasteiger partial charge in [-0.25, -0.2) is 0 Å². The van der Waals surface area contributed by atoms with Crippen molar-refractivity contribution in [3.05, 3.63) is 101 Å². The van der Waals surface area contributed by atoms with Crippen molar-refractivity contribution in [3.63, 3.8) is 0 Å². The van der Waals surface area contributed by atoms with E-state index in [1.165, 1.54) is 35.1 Å². The average Bonchev–Trinajstić information content (AvgIpc) is 3.53. The molecule has 2 nitrogen and oxygen atoms in total. The number of hydrogen-bond acceptors (Lipinski definition) is 2. The number of rotatable bonds is 8. The fourth-order valence-electron chi connectivity index (χ4n) is 3.45. The highest BCUT2D eigenvalue weighted by atomic mass is 16.5. The summed E-state index contributed by atoms with van der Waals surface area (Å²) in [6, 6.07) is 27.7. The maximum Gasteiger partial charge on any atom is 0.124 e. The van der Waals surface area contributed by atoms with Crippen LogP contribution in [0.15, 0.2) is 78.9 Å². The lowest BCUT2D eigenvalue weighted by molar-refractivity contribution is 0.300. The smallest absolute Gasteiger partial charge is 0.124 e. The third-order valence-electron chi connectivity index (χ3n) is 5.15. The van der Waals surface area contributed by atoms with Crippen molar-refractivity contribution >= 4 is 0 Å². The van der Waals surface area contributed by atoms with Gasteiger partial charge in [0, 0.05) is 5.56 Å². The average molecular weight is 357 g/mol. The summed E-state index contributed by atoms with van der Waals surface area (Å²) >= 11 is 0. The topological polar surface area (TPSA) is 21.3 Å². The fraction of sp³-hybridized carbons (Fsp3) is 0.280. The van der Waals surface area contributed by atoms with E-state index in [0.29, 0.717) is 6.61 Å². The monoisotopic (exact) mass is 357 g/mol. The first-order chi connectivity index (χ1) is 13.3. The van der Waals surface area contributed by atoms with Crippen molar-refractivity contribution in [1.29, 1.82) is 0 Å². The molecule has 1 saturated carbocycles. The minimum atomic E-state index is 0.150. The van der Waals surface area contributed by atoms with Gasteiger partial charge in [0.05, 0.1) is 6.04 Å². The summed E-state index contributed by atoms with van der Waals surface area (Å²) in [7, 11) is 0. The second kappa shape index (κ2) is 8.41. The summed E-state index contributed by atoms with van der Waals surface area (Å²) in [4.78, 5) is 0. The summed E-state index contributed by atoms with van der Waals surface area (Å²) in [5.74, 6) is 1.78. The second-order valence-electron chi connectivity index (χ2n) is 7.51. The van der Waals surface area contributed by atoms with E-state index >= 15 is 0 Å². The highest BCUT2D eigenvalue weighted by molar-refractivity contribution is 5.42. The molecule has 3 aromatic carbocycles. The number of benzene rings is 3. The molecule has 138 valence electrons. The number of hydrogen-bond donors (Lipinski definition) is 1. The Labute approximate surface area is 162 Å². The fourth-order valence-corrected chi connectivity index (χ4v) is 3.45. The lowest BCUT2D eigenvalue weighted by Gasteiger charge is -2.23. The Kier molecular flexibility index (Phi) is 5.55. The van der Waals surface area contributed by atoms with Gasteiger partial charge in [-0.1, -0.05) is 78.4 Å². The van der Waals surface area contributed by atoms with Crippen molar-refractivity contribution in [2.45, 2.75) is 32.4 Å². The van der Waals surface area contributed by atoms with Crippen LogP contribution in [0.1, 0.15) is 41.1 Å². The molecule has 1 N–H and O–H groups in total. The van der Waals surface area contributed by atoms with Crippen LogP contribution in [0.3, 0.4) is 0 Å². The first kappa shape index (κ1) is 17.8. The Morgan fingerprint density at radius 2 is 1.70 bits per heavy atom. The van der Waals surface area contributed by atoms with E-state index < -0.39 is 0 Å². The number of nitrogens with one attached hydrogen (secondary N) is 1. The van der Waals surface area contributed by atoms with Crippen molar-refractivity contribution < 1.29 is 4.74 Å². The molecule has 1 fully saturated rings. The maximum absolute atomic E-state index is 6.24. The van der Waals surface area contributed by atoms with E-state index in [1.807, 2.05) is 6.07 Å². The Bertz CT molecular complexity index is 870. The predicted molar refractivity (Wildman–Crippen MR) is 111 cm³/mol. The van der Waals surface area contributed by atoms with E-state index in [9.17, 15) is 0 Å². The van der Waals surface area contributed by atoms with Gasteiger partial charge in [-0.2, -0.15) is 0 Å². The molecule has 0 aromatic heterocycles. The molecular weight excluding hydrogens is 330 g/mol. The molecule has 1 atom stereocenters. The molecule has 27 heavy (non-hydrogen) atoms. The summed E-state index contributed by atoms with van der Waals surface area (Å²) in [6.07, 6.45) is 2.69. The number of aryl methyl sites for hydroxylation is 1. The largest absolute Gasteiger partial charge is 0.489 e. The zero-order chi connectivity index (χ0) is 18.5. The normalized spacial score (nSPS) is 14.7. The zero-order valence-corrected chi connectivity index (χ0v) is 15.9. The van der Waals surface area contributed by atoms with E-state index in [1.54, 1.807) is 0 Å². The van der Waals surface area contributed by atoms with Gasteiger partial charge in [-0.3, -0.25) is 0 Å². The lowest BCUT2D eigenvalue weighted by Crippen LogP contribution is -2.25. The van der Waals surface area contributed by atoms with E-state index in [0.717, 1.165) is 18.2 Å². The minimum Gasteiger partial charge on any atom is -0.489 e. The predicted octanol–water partition coefficient (Wildman–Crippen LogP) is 5.66. The molecule has 0 amide bonds. The van der Waals surface area contributed by atoms with Crippen LogP contribution >= 0.6 is 0 Å². The molecule has 0 saturated heterocycles. The summed E-state index contributed by atoms with van der Waals surface area (Å²) in [5.41, 5.74) is 4.98. The number of ether oxygens (including phenoxy) is 1. The summed E-state index contributed by atoms with van der Waals surface area (Å²) in [5, 5.41) is 3.80. The van der Waals surface area contributed by atoms with Crippen LogP contribution in [0.5, 0.6) is 5.75 Å². The van der Waals surface area contributed by atoms with Crippen molar-refractivity contribution in [1.82, 2.24) is 5.32 Å². The van der Waals surface area contributed by atoms with Gasteiger partial charge in [0.15, 0.2) is 0 Å². The first-order valence-corrected chi connectivity index (χ1v) is 9.85. The molecule has 1 aliphatic carbocycles. The SMILES string of the molecule is Cc1cccc(C(NCC2CC2)c2ccccc2OCc2ccccc2)c1. The minimum absolute atomic E-state index is 0.150.